The third-order valence-corrected chi connectivity index (χ3v) is 43.6. The van der Waals surface area contributed by atoms with Gasteiger partial charge in [-0.25, -0.2) is 18.3 Å². The molecule has 0 spiro atoms. The molecule has 1 heterocycles. The van der Waals surface area contributed by atoms with Gasteiger partial charge in [0.2, 0.25) is 33.3 Å². The molecule has 12 nitrogen and oxygen atoms in total. The fraction of sp³-hybridized carbons (Fsp3) is 1.00. The molecule has 0 aliphatic carbocycles. The normalized spacial score (nSPS) is 25.6. The van der Waals surface area contributed by atoms with E-state index in [0.717, 1.165) is 77.0 Å². The lowest BCUT2D eigenvalue weighted by molar-refractivity contribution is 0.169. The van der Waals surface area contributed by atoms with Crippen LogP contribution in [0.3, 0.4) is 0 Å². The molecule has 0 aromatic carbocycles. The van der Waals surface area contributed by atoms with E-state index in [1.807, 2.05) is 83.1 Å². The summed E-state index contributed by atoms with van der Waals surface area (Å²) in [6, 6.07) is 7.39. The lowest BCUT2D eigenvalue weighted by atomic mass is 10.6. The van der Waals surface area contributed by atoms with E-state index in [-0.39, 0.29) is 0 Å². The van der Waals surface area contributed by atoms with Gasteiger partial charge in [0.1, 0.15) is 0 Å². The van der Waals surface area contributed by atoms with Crippen LogP contribution in [0, 0.1) is 0 Å². The Labute approximate surface area is 348 Å². The zero-order chi connectivity index (χ0) is 42.6. The molecule has 336 valence electrons. The van der Waals surface area contributed by atoms with Crippen molar-refractivity contribution in [3.8, 4) is 0 Å². The monoisotopic (exact) mass is 944 g/mol. The SMILES string of the molecule is CCC[Si](CCC)(CCC)OP1(=O)OP(=O)(O[Si](CCC)(CCC)CCC)OP(=O)(O[Si](CCC)(CCC)CCC)OP(=O)(O[Si](CCC)(CCC)CCC)O1. The van der Waals surface area contributed by atoms with E-state index in [9.17, 15) is 0 Å². The molecule has 0 atom stereocenters. The Morgan fingerprint density at radius 3 is 0.464 bits per heavy atom. The van der Waals surface area contributed by atoms with Crippen LogP contribution in [0.5, 0.6) is 0 Å². The first-order valence-electron chi connectivity index (χ1n) is 22.5. The molecule has 0 saturated carbocycles. The largest absolute Gasteiger partial charge is 0.482 e. The van der Waals surface area contributed by atoms with Gasteiger partial charge in [-0.1, -0.05) is 160 Å². The van der Waals surface area contributed by atoms with Crippen LogP contribution in [0.4, 0.5) is 0 Å². The summed E-state index contributed by atoms with van der Waals surface area (Å²) in [5, 5.41) is 0. The Morgan fingerprint density at radius 2 is 0.375 bits per heavy atom. The number of hydrogen-bond donors (Lipinski definition) is 0. The van der Waals surface area contributed by atoms with E-state index >= 15 is 18.3 Å². The Bertz CT molecular complexity index is 1030. The first-order valence-corrected chi connectivity index (χ1v) is 38.4. The van der Waals surface area contributed by atoms with Crippen molar-refractivity contribution in [2.45, 2.75) is 233 Å². The van der Waals surface area contributed by atoms with Crippen molar-refractivity contribution in [3.05, 3.63) is 0 Å². The van der Waals surface area contributed by atoms with Gasteiger partial charge in [-0.2, -0.15) is 17.2 Å². The van der Waals surface area contributed by atoms with Crippen LogP contribution in [-0.2, 0) is 52.4 Å². The average Bonchev–Trinajstić information content (AvgIpc) is 3.04. The molecule has 1 saturated heterocycles. The number of phosphoric acid groups is 4. The van der Waals surface area contributed by atoms with Gasteiger partial charge in [0, 0.05) is 0 Å². The average molecular weight is 945 g/mol. The van der Waals surface area contributed by atoms with Crippen molar-refractivity contribution in [1.82, 2.24) is 0 Å². The van der Waals surface area contributed by atoms with Gasteiger partial charge in [0.05, 0.1) is 0 Å². The van der Waals surface area contributed by atoms with Crippen LogP contribution in [0.25, 0.3) is 0 Å². The topological polar surface area (TPSA) is 142 Å². The minimum Gasteiger partial charge on any atom is -0.329 e. The Kier molecular flexibility index (Phi) is 25.9. The van der Waals surface area contributed by atoms with Crippen LogP contribution < -0.4 is 0 Å². The van der Waals surface area contributed by atoms with E-state index in [4.69, 9.17) is 34.1 Å². The van der Waals surface area contributed by atoms with Crippen molar-refractivity contribution >= 4 is 64.6 Å². The highest BCUT2D eigenvalue weighted by atomic mass is 31.3. The van der Waals surface area contributed by atoms with E-state index < -0.39 is 64.6 Å². The molecule has 20 heteroatoms. The highest BCUT2D eigenvalue weighted by Crippen LogP contribution is 2.85. The molecule has 0 aromatic rings. The molecule has 1 aliphatic rings. The maximum absolute atomic E-state index is 15.6. The summed E-state index contributed by atoms with van der Waals surface area (Å²) >= 11 is 0. The highest BCUT2D eigenvalue weighted by Gasteiger charge is 2.63. The minimum absolute atomic E-state index is 0.616. The summed E-state index contributed by atoms with van der Waals surface area (Å²) in [6.07, 6.45) is 8.86. The lowest BCUT2D eigenvalue weighted by Gasteiger charge is -2.42. The summed E-state index contributed by atoms with van der Waals surface area (Å²) in [4.78, 5) is 0. The second-order valence-corrected chi connectivity index (χ2v) is 40.8. The van der Waals surface area contributed by atoms with Crippen LogP contribution >= 0.6 is 31.3 Å². The Balaban J connectivity index is 4.41. The summed E-state index contributed by atoms with van der Waals surface area (Å²) in [5.41, 5.74) is 0. The summed E-state index contributed by atoms with van der Waals surface area (Å²) in [7, 11) is -32.5. The maximum atomic E-state index is 15.6. The molecular weight excluding hydrogens is 861 g/mol. The summed E-state index contributed by atoms with van der Waals surface area (Å²) < 4.78 is 114. The van der Waals surface area contributed by atoms with Crippen molar-refractivity contribution in [3.63, 3.8) is 0 Å². The zero-order valence-corrected chi connectivity index (χ0v) is 45.2. The standard InChI is InChI=1S/C36H84O12P4Si4/c1-13-25-53(26-14-2,27-15-3)45-49(37)41-50(38,46-54(28-16-4,29-17-5)30-18-6)43-52(40,48-56(34-22-10,35-23-11)36-24-12)44-51(39,42-49)47-55(31-19-7,32-20-8)33-21-9/h13-36H2,1-12H3. The summed E-state index contributed by atoms with van der Waals surface area (Å²) in [6.45, 7) is 24.4. The lowest BCUT2D eigenvalue weighted by Crippen LogP contribution is -2.40. The van der Waals surface area contributed by atoms with Gasteiger partial charge >= 0.3 is 31.3 Å². The molecule has 0 unspecified atom stereocenters. The van der Waals surface area contributed by atoms with E-state index in [0.29, 0.717) is 72.5 Å². The van der Waals surface area contributed by atoms with Crippen molar-refractivity contribution in [2.75, 3.05) is 0 Å². The number of rotatable bonds is 32. The Morgan fingerprint density at radius 1 is 0.268 bits per heavy atom. The Hall–Kier alpha value is 1.47. The van der Waals surface area contributed by atoms with Gasteiger partial charge in [-0.3, -0.25) is 0 Å². The highest BCUT2D eigenvalue weighted by molar-refractivity contribution is 7.77. The third kappa shape index (κ3) is 17.3. The third-order valence-electron chi connectivity index (χ3n) is 10.5. The first-order chi connectivity index (χ1) is 26.4. The van der Waals surface area contributed by atoms with Crippen LogP contribution in [0.1, 0.15) is 160 Å². The van der Waals surface area contributed by atoms with Gasteiger partial charge in [-0.15, -0.1) is 0 Å². The quantitative estimate of drug-likeness (QED) is 0.0468. The molecular formula is C36H84O12P4Si4. The van der Waals surface area contributed by atoms with E-state index in [1.54, 1.807) is 0 Å². The van der Waals surface area contributed by atoms with Gasteiger partial charge in [-0.05, 0) is 72.5 Å². The smallest absolute Gasteiger partial charge is 0.329 e. The predicted octanol–water partition coefficient (Wildman–Crippen LogP) is 17.3. The van der Waals surface area contributed by atoms with Gasteiger partial charge < -0.3 is 16.9 Å². The van der Waals surface area contributed by atoms with Gasteiger partial charge in [0.25, 0.3) is 0 Å². The van der Waals surface area contributed by atoms with Crippen molar-refractivity contribution in [1.29, 1.82) is 0 Å². The first kappa shape index (κ1) is 55.5. The molecule has 1 fully saturated rings. The molecule has 0 bridgehead atoms. The fourth-order valence-electron chi connectivity index (χ4n) is 9.15. The maximum Gasteiger partial charge on any atom is 0.482 e. The summed E-state index contributed by atoms with van der Waals surface area (Å²) in [5.74, 6) is 0. The predicted molar refractivity (Wildman–Crippen MR) is 243 cm³/mol. The molecule has 0 N–H and O–H groups in total. The van der Waals surface area contributed by atoms with Crippen LogP contribution in [0.2, 0.25) is 72.5 Å². The minimum atomic E-state index is -5.16. The second kappa shape index (κ2) is 26.2. The molecule has 1 aliphatic heterocycles. The number of hydrogen-bond acceptors (Lipinski definition) is 12. The zero-order valence-electron chi connectivity index (χ0n) is 37.7. The second-order valence-electron chi connectivity index (χ2n) is 16.2. The van der Waals surface area contributed by atoms with Crippen LogP contribution in [0.15, 0.2) is 0 Å². The molecule has 1 rings (SSSR count). The van der Waals surface area contributed by atoms with E-state index in [1.165, 1.54) is 0 Å². The molecule has 0 radical (unpaired) electrons. The van der Waals surface area contributed by atoms with Crippen molar-refractivity contribution in [2.24, 2.45) is 0 Å². The van der Waals surface area contributed by atoms with Crippen LogP contribution in [-0.4, -0.2) is 33.3 Å². The van der Waals surface area contributed by atoms with E-state index in [2.05, 4.69) is 0 Å². The van der Waals surface area contributed by atoms with Crippen molar-refractivity contribution < 1.29 is 52.4 Å². The molecule has 0 amide bonds. The molecule has 56 heavy (non-hydrogen) atoms. The molecule has 0 aromatic heterocycles. The fourth-order valence-corrected chi connectivity index (χ4v) is 44.0. The van der Waals surface area contributed by atoms with Gasteiger partial charge in [0.15, 0.2) is 0 Å².